The second kappa shape index (κ2) is 4.83. The van der Waals surface area contributed by atoms with Crippen LogP contribution in [-0.2, 0) is 4.79 Å². The van der Waals surface area contributed by atoms with Crippen LogP contribution in [0.4, 0.5) is 0 Å². The van der Waals surface area contributed by atoms with Gasteiger partial charge < -0.3 is 5.73 Å². The first-order valence-corrected chi connectivity index (χ1v) is 3.32. The Bertz CT molecular complexity index is 157. The molecule has 0 saturated heterocycles. The van der Waals surface area contributed by atoms with Crippen molar-refractivity contribution in [3.63, 3.8) is 0 Å². The summed E-state index contributed by atoms with van der Waals surface area (Å²) in [7, 11) is 0. The maximum atomic E-state index is 9.89. The molecule has 2 nitrogen and oxygen atoms in total. The summed E-state index contributed by atoms with van der Waals surface area (Å²) in [6.45, 7) is 5.65. The summed E-state index contributed by atoms with van der Waals surface area (Å²) < 4.78 is 0. The Morgan fingerprint density at radius 2 is 2.50 bits per heavy atom. The van der Waals surface area contributed by atoms with Crippen molar-refractivity contribution in [2.24, 2.45) is 11.7 Å². The van der Waals surface area contributed by atoms with E-state index >= 15 is 0 Å². The molecule has 0 amide bonds. The van der Waals surface area contributed by atoms with Gasteiger partial charge in [-0.3, -0.25) is 0 Å². The van der Waals surface area contributed by atoms with Gasteiger partial charge in [0.05, 0.1) is 5.70 Å². The minimum atomic E-state index is 0.300. The Hall–Kier alpha value is -1.01. The standard InChI is InChI=1S/C8H13NO/c1-3-7(2)4-5-8(9)6-10/h3,7H,1,4-5,9H2,2H3/t7-/m1/s1. The van der Waals surface area contributed by atoms with E-state index < -0.39 is 0 Å². The maximum absolute atomic E-state index is 9.89. The minimum absolute atomic E-state index is 0.300. The van der Waals surface area contributed by atoms with Gasteiger partial charge in [-0.15, -0.1) is 6.58 Å². The van der Waals surface area contributed by atoms with Gasteiger partial charge in [0.15, 0.2) is 0 Å². The smallest absolute Gasteiger partial charge is 0.145 e. The van der Waals surface area contributed by atoms with Crippen LogP contribution >= 0.6 is 0 Å². The molecule has 0 heterocycles. The summed E-state index contributed by atoms with van der Waals surface area (Å²) in [6, 6.07) is 0. The van der Waals surface area contributed by atoms with E-state index in [1.165, 1.54) is 0 Å². The molecular weight excluding hydrogens is 126 g/mol. The third kappa shape index (κ3) is 3.93. The first kappa shape index (κ1) is 8.99. The zero-order valence-electron chi connectivity index (χ0n) is 6.26. The number of hydrogen-bond acceptors (Lipinski definition) is 2. The summed E-state index contributed by atoms with van der Waals surface area (Å²) in [5, 5.41) is 0. The highest BCUT2D eigenvalue weighted by molar-refractivity contribution is 5.50. The second-order valence-electron chi connectivity index (χ2n) is 2.38. The Morgan fingerprint density at radius 1 is 1.90 bits per heavy atom. The van der Waals surface area contributed by atoms with Crippen LogP contribution in [-0.4, -0.2) is 5.94 Å². The van der Waals surface area contributed by atoms with Crippen molar-refractivity contribution in [2.45, 2.75) is 19.8 Å². The third-order valence-electron chi connectivity index (χ3n) is 1.40. The molecule has 0 rings (SSSR count). The van der Waals surface area contributed by atoms with Crippen LogP contribution in [0.5, 0.6) is 0 Å². The number of nitrogens with two attached hydrogens (primary N) is 1. The fraction of sp³-hybridized carbons (Fsp3) is 0.500. The lowest BCUT2D eigenvalue weighted by atomic mass is 10.1. The van der Waals surface area contributed by atoms with Gasteiger partial charge in [-0.25, -0.2) is 4.79 Å². The van der Waals surface area contributed by atoms with Crippen LogP contribution in [0.3, 0.4) is 0 Å². The molecule has 0 aliphatic carbocycles. The molecular formula is C8H13NO. The number of rotatable bonds is 4. The molecule has 0 fully saturated rings. The molecule has 2 N–H and O–H groups in total. The lowest BCUT2D eigenvalue weighted by molar-refractivity contribution is 0.563. The van der Waals surface area contributed by atoms with Crippen LogP contribution in [0.15, 0.2) is 18.4 Å². The third-order valence-corrected chi connectivity index (χ3v) is 1.40. The van der Waals surface area contributed by atoms with Crippen LogP contribution in [0.25, 0.3) is 0 Å². The molecule has 10 heavy (non-hydrogen) atoms. The summed E-state index contributed by atoms with van der Waals surface area (Å²) in [5.41, 5.74) is 5.53. The fourth-order valence-electron chi connectivity index (χ4n) is 0.552. The minimum Gasteiger partial charge on any atom is -0.393 e. The number of carbonyl (C=O) groups excluding carboxylic acids is 1. The molecule has 0 aromatic rings. The molecule has 0 unspecified atom stereocenters. The molecule has 0 aliphatic rings. The van der Waals surface area contributed by atoms with E-state index in [0.29, 0.717) is 18.0 Å². The molecule has 0 aromatic carbocycles. The predicted octanol–water partition coefficient (Wildman–Crippen LogP) is 1.26. The van der Waals surface area contributed by atoms with Crippen LogP contribution in [0, 0.1) is 5.92 Å². The molecule has 2 heteroatoms. The Balaban J connectivity index is 3.54. The van der Waals surface area contributed by atoms with Crippen molar-refractivity contribution in [2.75, 3.05) is 0 Å². The quantitative estimate of drug-likeness (QED) is 0.470. The van der Waals surface area contributed by atoms with Gasteiger partial charge in [-0.05, 0) is 18.8 Å². The van der Waals surface area contributed by atoms with Crippen molar-refractivity contribution in [1.82, 2.24) is 0 Å². The average molecular weight is 139 g/mol. The molecule has 0 radical (unpaired) electrons. The molecule has 0 aliphatic heterocycles. The predicted molar refractivity (Wildman–Crippen MR) is 42.0 cm³/mol. The van der Waals surface area contributed by atoms with Gasteiger partial charge in [0.2, 0.25) is 0 Å². The topological polar surface area (TPSA) is 43.1 Å². The van der Waals surface area contributed by atoms with E-state index in [0.717, 1.165) is 6.42 Å². The molecule has 0 spiro atoms. The van der Waals surface area contributed by atoms with Crippen LogP contribution in [0.1, 0.15) is 19.8 Å². The number of hydrogen-bond donors (Lipinski definition) is 1. The normalized spacial score (nSPS) is 11.7. The van der Waals surface area contributed by atoms with E-state index in [1.54, 1.807) is 5.94 Å². The molecule has 56 valence electrons. The van der Waals surface area contributed by atoms with E-state index in [-0.39, 0.29) is 0 Å². The molecule has 1 atom stereocenters. The lowest BCUT2D eigenvalue weighted by Crippen LogP contribution is -2.00. The largest absolute Gasteiger partial charge is 0.393 e. The van der Waals surface area contributed by atoms with Crippen LogP contribution in [0.2, 0.25) is 0 Å². The Labute approximate surface area is 61.4 Å². The monoisotopic (exact) mass is 139 g/mol. The van der Waals surface area contributed by atoms with Gasteiger partial charge >= 0.3 is 0 Å². The van der Waals surface area contributed by atoms with Crippen molar-refractivity contribution in [1.29, 1.82) is 0 Å². The molecule has 0 bridgehead atoms. The summed E-state index contributed by atoms with van der Waals surface area (Å²) >= 11 is 0. The van der Waals surface area contributed by atoms with Crippen LogP contribution < -0.4 is 5.73 Å². The lowest BCUT2D eigenvalue weighted by Gasteiger charge is -2.01. The van der Waals surface area contributed by atoms with Gasteiger partial charge in [-0.2, -0.15) is 0 Å². The van der Waals surface area contributed by atoms with Crippen molar-refractivity contribution >= 4 is 5.94 Å². The maximum Gasteiger partial charge on any atom is 0.145 e. The first-order chi connectivity index (χ1) is 4.70. The zero-order valence-corrected chi connectivity index (χ0v) is 6.26. The highest BCUT2D eigenvalue weighted by Crippen LogP contribution is 2.07. The van der Waals surface area contributed by atoms with E-state index in [9.17, 15) is 4.79 Å². The van der Waals surface area contributed by atoms with Gasteiger partial charge in [0, 0.05) is 0 Å². The van der Waals surface area contributed by atoms with Crippen molar-refractivity contribution in [3.8, 4) is 0 Å². The van der Waals surface area contributed by atoms with Gasteiger partial charge in [0.25, 0.3) is 0 Å². The van der Waals surface area contributed by atoms with E-state index in [2.05, 4.69) is 6.58 Å². The Kier molecular flexibility index (Phi) is 4.34. The average Bonchev–Trinajstić information content (AvgIpc) is 1.99. The summed E-state index contributed by atoms with van der Waals surface area (Å²) in [6.07, 6.45) is 3.35. The van der Waals surface area contributed by atoms with Crippen molar-refractivity contribution < 1.29 is 4.79 Å². The van der Waals surface area contributed by atoms with Crippen molar-refractivity contribution in [3.05, 3.63) is 18.4 Å². The van der Waals surface area contributed by atoms with Gasteiger partial charge in [-0.1, -0.05) is 13.0 Å². The fourth-order valence-corrected chi connectivity index (χ4v) is 0.552. The summed E-state index contributed by atoms with van der Waals surface area (Å²) in [5.74, 6) is 2.08. The van der Waals surface area contributed by atoms with Gasteiger partial charge in [0.1, 0.15) is 5.94 Å². The zero-order chi connectivity index (χ0) is 7.98. The SMILES string of the molecule is C=C[C@@H](C)CCC(N)=C=O. The van der Waals surface area contributed by atoms with E-state index in [1.807, 2.05) is 13.0 Å². The molecule has 0 aromatic heterocycles. The highest BCUT2D eigenvalue weighted by atomic mass is 16.1. The summed E-state index contributed by atoms with van der Waals surface area (Å²) in [4.78, 5) is 9.89. The second-order valence-corrected chi connectivity index (χ2v) is 2.38. The van der Waals surface area contributed by atoms with E-state index in [4.69, 9.17) is 5.73 Å². The highest BCUT2D eigenvalue weighted by Gasteiger charge is 1.96. The molecule has 0 saturated carbocycles. The Morgan fingerprint density at radius 3 is 2.90 bits per heavy atom. The number of allylic oxidation sites excluding steroid dienone is 2. The first-order valence-electron chi connectivity index (χ1n) is 3.32.